The second-order valence-corrected chi connectivity index (χ2v) is 5.62. The lowest BCUT2D eigenvalue weighted by Gasteiger charge is -2.21. The number of hydrogen-bond acceptors (Lipinski definition) is 0. The van der Waals surface area contributed by atoms with E-state index in [0.29, 0.717) is 5.56 Å². The van der Waals surface area contributed by atoms with Crippen LogP contribution in [0.4, 0.5) is 8.78 Å². The third kappa shape index (κ3) is 3.00. The average Bonchev–Trinajstić information content (AvgIpc) is 2.14. The highest BCUT2D eigenvalue weighted by molar-refractivity contribution is 9.10. The molecule has 82 valence electrons. The molecule has 0 atom stereocenters. The predicted molar refractivity (Wildman–Crippen MR) is 76.5 cm³/mol. The highest BCUT2D eigenvalue weighted by Crippen LogP contribution is 2.29. The number of rotatable bonds is 3. The first-order chi connectivity index (χ1) is 7.23. The number of benzene rings is 1. The second-order valence-electron chi connectivity index (χ2n) is 4.77. The van der Waals surface area contributed by atoms with Crippen LogP contribution in [-0.4, -0.2) is 30.0 Å². The maximum absolute atomic E-state index is 12.5. The first-order valence-electron chi connectivity index (χ1n) is 5.01. The molecule has 0 spiro atoms. The summed E-state index contributed by atoms with van der Waals surface area (Å²) >= 11 is 3.41. The van der Waals surface area contributed by atoms with E-state index in [4.69, 9.17) is 0 Å². The molecule has 16 heavy (non-hydrogen) atoms. The normalized spacial score (nSPS) is 11.8. The molecule has 0 amide bonds. The molecule has 0 fully saturated rings. The summed E-state index contributed by atoms with van der Waals surface area (Å²) in [7, 11) is 6.23. The molecule has 1 aromatic carbocycles. The maximum atomic E-state index is 12.5. The molecule has 0 radical (unpaired) electrons. The van der Waals surface area contributed by atoms with Crippen LogP contribution < -0.4 is 0 Å². The van der Waals surface area contributed by atoms with Crippen LogP contribution in [0.3, 0.4) is 0 Å². The monoisotopic (exact) mass is 282 g/mol. The lowest BCUT2D eigenvalue weighted by Crippen LogP contribution is -2.27. The van der Waals surface area contributed by atoms with E-state index in [-0.39, 0.29) is 10.7 Å². The van der Waals surface area contributed by atoms with E-state index in [0.717, 1.165) is 10.0 Å². The standard InChI is InChI=1S/C10H12B3BrF2/c1-5(9(15)16)6-2-3-7(8(14)4-6)10(11,12)13/h2-4,9H,1,11-13H2. The van der Waals surface area contributed by atoms with Gasteiger partial charge in [0.1, 0.15) is 0 Å². The Kier molecular flexibility index (Phi) is 4.05. The van der Waals surface area contributed by atoms with Gasteiger partial charge in [0, 0.05) is 10.0 Å². The summed E-state index contributed by atoms with van der Waals surface area (Å²) in [5.74, 6) is 0. The Balaban J connectivity index is 3.15. The molecule has 1 aromatic rings. The van der Waals surface area contributed by atoms with Crippen LogP contribution in [0.5, 0.6) is 0 Å². The lowest BCUT2D eigenvalue weighted by molar-refractivity contribution is 0.215. The summed E-state index contributed by atoms with van der Waals surface area (Å²) < 4.78 is 25.8. The molecule has 0 aliphatic rings. The molecule has 0 nitrogen and oxygen atoms in total. The van der Waals surface area contributed by atoms with Crippen molar-refractivity contribution in [2.75, 3.05) is 0 Å². The molecule has 0 N–H and O–H groups in total. The SMILES string of the molecule is BC(B)(B)c1ccc(C(=C)C(F)F)cc1Br. The van der Waals surface area contributed by atoms with E-state index in [2.05, 4.69) is 46.0 Å². The Bertz CT molecular complexity index is 413. The van der Waals surface area contributed by atoms with Gasteiger partial charge in [-0.2, -0.15) is 0 Å². The van der Waals surface area contributed by atoms with Gasteiger partial charge >= 0.3 is 0 Å². The third-order valence-corrected chi connectivity index (χ3v) is 3.07. The van der Waals surface area contributed by atoms with Crippen LogP contribution in [0.1, 0.15) is 11.1 Å². The van der Waals surface area contributed by atoms with Crippen LogP contribution in [0.15, 0.2) is 29.3 Å². The van der Waals surface area contributed by atoms with Gasteiger partial charge in [-0.1, -0.05) is 45.3 Å². The fourth-order valence-corrected chi connectivity index (χ4v) is 2.42. The fraction of sp³-hybridized carbons (Fsp3) is 0.200. The molecule has 0 aromatic heterocycles. The van der Waals surface area contributed by atoms with E-state index in [1.165, 1.54) is 0 Å². The zero-order valence-electron chi connectivity index (χ0n) is 9.65. The minimum atomic E-state index is -2.51. The van der Waals surface area contributed by atoms with Gasteiger partial charge < -0.3 is 0 Å². The van der Waals surface area contributed by atoms with Gasteiger partial charge in [0.15, 0.2) is 0 Å². The Morgan fingerprint density at radius 1 is 1.31 bits per heavy atom. The van der Waals surface area contributed by atoms with Gasteiger partial charge in [-0.05, 0) is 11.6 Å². The van der Waals surface area contributed by atoms with Crippen LogP contribution in [-0.2, 0) is 5.11 Å². The molecule has 0 aliphatic carbocycles. The highest BCUT2D eigenvalue weighted by Gasteiger charge is 2.19. The number of allylic oxidation sites excluding steroid dienone is 1. The first kappa shape index (κ1) is 13.6. The second kappa shape index (κ2) is 4.78. The minimum absolute atomic E-state index is 0.0104. The van der Waals surface area contributed by atoms with E-state index in [9.17, 15) is 8.78 Å². The third-order valence-electron chi connectivity index (χ3n) is 2.41. The van der Waals surface area contributed by atoms with Crippen molar-refractivity contribution in [2.24, 2.45) is 0 Å². The van der Waals surface area contributed by atoms with Crippen molar-refractivity contribution in [2.45, 2.75) is 11.5 Å². The molecule has 0 bridgehead atoms. The van der Waals surface area contributed by atoms with Gasteiger partial charge in [0.25, 0.3) is 6.43 Å². The van der Waals surface area contributed by atoms with Crippen LogP contribution in [0.25, 0.3) is 5.57 Å². The molecule has 1 rings (SSSR count). The smallest absolute Gasteiger partial charge is 0.205 e. The predicted octanol–water partition coefficient (Wildman–Crippen LogP) is 0.737. The molecule has 0 unspecified atom stereocenters. The zero-order chi connectivity index (χ0) is 12.5. The van der Waals surface area contributed by atoms with Gasteiger partial charge in [0.2, 0.25) is 0 Å². The molecule has 6 heteroatoms. The summed E-state index contributed by atoms with van der Waals surface area (Å²) in [4.78, 5) is 0. The van der Waals surface area contributed by atoms with Crippen LogP contribution in [0.2, 0.25) is 0 Å². The van der Waals surface area contributed by atoms with E-state index in [1.807, 2.05) is 6.07 Å². The molecular formula is C10H12B3BrF2. The van der Waals surface area contributed by atoms with Crippen LogP contribution >= 0.6 is 15.9 Å². The van der Waals surface area contributed by atoms with Gasteiger partial charge in [-0.15, -0.1) is 0 Å². The van der Waals surface area contributed by atoms with Gasteiger partial charge in [-0.25, -0.2) is 8.78 Å². The highest BCUT2D eigenvalue weighted by atomic mass is 79.9. The first-order valence-corrected chi connectivity index (χ1v) is 5.80. The van der Waals surface area contributed by atoms with Crippen molar-refractivity contribution in [3.63, 3.8) is 0 Å². The summed E-state index contributed by atoms with van der Waals surface area (Å²) in [5.41, 5.74) is 1.44. The summed E-state index contributed by atoms with van der Waals surface area (Å²) in [6, 6.07) is 5.27. The average molecular weight is 283 g/mol. The summed E-state index contributed by atoms with van der Waals surface area (Å²) in [6.07, 6.45) is -2.51. The Morgan fingerprint density at radius 2 is 1.88 bits per heavy atom. The Hall–Kier alpha value is -0.505. The topological polar surface area (TPSA) is 0 Å². The molecule has 0 saturated heterocycles. The summed E-state index contributed by atoms with van der Waals surface area (Å²) in [6.45, 7) is 3.39. The lowest BCUT2D eigenvalue weighted by atomic mass is 9.40. The van der Waals surface area contributed by atoms with Crippen molar-refractivity contribution >= 4 is 45.0 Å². The van der Waals surface area contributed by atoms with Crippen molar-refractivity contribution in [1.82, 2.24) is 0 Å². The number of alkyl halides is 2. The quantitative estimate of drug-likeness (QED) is 0.717. The summed E-state index contributed by atoms with van der Waals surface area (Å²) in [5, 5.41) is -0.0104. The molecule has 0 saturated carbocycles. The van der Waals surface area contributed by atoms with Crippen molar-refractivity contribution in [3.8, 4) is 0 Å². The number of halogens is 3. The Labute approximate surface area is 106 Å². The van der Waals surface area contributed by atoms with Gasteiger partial charge in [-0.3, -0.25) is 0 Å². The fourth-order valence-electron chi connectivity index (χ4n) is 1.45. The minimum Gasteiger partial charge on any atom is -0.205 e. The zero-order valence-corrected chi connectivity index (χ0v) is 11.2. The van der Waals surface area contributed by atoms with Crippen molar-refractivity contribution in [1.29, 1.82) is 0 Å². The van der Waals surface area contributed by atoms with E-state index < -0.39 is 6.43 Å². The Morgan fingerprint density at radius 3 is 2.25 bits per heavy atom. The molecular weight excluding hydrogens is 270 g/mol. The molecule has 0 aliphatic heterocycles. The van der Waals surface area contributed by atoms with E-state index in [1.54, 1.807) is 12.1 Å². The van der Waals surface area contributed by atoms with Crippen molar-refractivity contribution in [3.05, 3.63) is 40.4 Å². The number of hydrogen-bond donors (Lipinski definition) is 0. The maximum Gasteiger partial charge on any atom is 0.263 e. The van der Waals surface area contributed by atoms with E-state index >= 15 is 0 Å². The van der Waals surface area contributed by atoms with Crippen molar-refractivity contribution < 1.29 is 8.78 Å². The van der Waals surface area contributed by atoms with Crippen LogP contribution in [0, 0.1) is 0 Å². The largest absolute Gasteiger partial charge is 0.263 e. The van der Waals surface area contributed by atoms with Gasteiger partial charge in [0.05, 0.1) is 23.5 Å². The molecule has 0 heterocycles.